The minimum Gasteiger partial charge on any atom is -0.355 e. The molecule has 0 atom stereocenters. The molecular weight excluding hydrogens is 310 g/mol. The van der Waals surface area contributed by atoms with Crippen molar-refractivity contribution in [3.63, 3.8) is 0 Å². The maximum Gasteiger partial charge on any atom is 0.277 e. The molecule has 5 nitrogen and oxygen atoms in total. The average molecular weight is 322 g/mol. The number of halogens is 1. The van der Waals surface area contributed by atoms with E-state index in [2.05, 4.69) is 11.2 Å². The molecule has 2 aromatic heterocycles. The zero-order valence-corrected chi connectivity index (χ0v) is 12.9. The number of carbonyl (C=O) groups is 1. The van der Waals surface area contributed by atoms with Gasteiger partial charge in [-0.2, -0.15) is 5.26 Å². The fourth-order valence-corrected chi connectivity index (χ4v) is 3.33. The van der Waals surface area contributed by atoms with Gasteiger partial charge in [-0.15, -0.1) is 11.3 Å². The summed E-state index contributed by atoms with van der Waals surface area (Å²) in [5.41, 5.74) is -0.485. The highest BCUT2D eigenvalue weighted by Crippen LogP contribution is 2.37. The summed E-state index contributed by atoms with van der Waals surface area (Å²) in [5.74, 6) is 0.206. The van der Waals surface area contributed by atoms with Gasteiger partial charge in [-0.25, -0.2) is 0 Å². The number of hydrogen-bond donors (Lipinski definition) is 0. The van der Waals surface area contributed by atoms with Gasteiger partial charge in [-0.1, -0.05) is 16.8 Å². The summed E-state index contributed by atoms with van der Waals surface area (Å²) in [4.78, 5) is 14.7. The molecule has 0 N–H and O–H groups in total. The van der Waals surface area contributed by atoms with E-state index in [1.54, 1.807) is 19.2 Å². The molecule has 2 heterocycles. The molecular formula is C14H12ClN3O2S. The number of nitriles is 1. The lowest BCUT2D eigenvalue weighted by Gasteiger charge is -2.42. The predicted molar refractivity (Wildman–Crippen MR) is 79.1 cm³/mol. The maximum atomic E-state index is 12.4. The minimum absolute atomic E-state index is 0.207. The van der Waals surface area contributed by atoms with Crippen molar-refractivity contribution < 1.29 is 9.32 Å². The Kier molecular flexibility index (Phi) is 3.47. The lowest BCUT2D eigenvalue weighted by Crippen LogP contribution is -2.53. The van der Waals surface area contributed by atoms with Crippen molar-refractivity contribution in [2.75, 3.05) is 7.05 Å². The average Bonchev–Trinajstić information content (AvgIpc) is 3.05. The van der Waals surface area contributed by atoms with Gasteiger partial charge in [-0.3, -0.25) is 4.79 Å². The molecule has 2 aromatic rings. The van der Waals surface area contributed by atoms with Crippen molar-refractivity contribution in [1.82, 2.24) is 10.1 Å². The predicted octanol–water partition coefficient (Wildman–Crippen LogP) is 3.57. The maximum absolute atomic E-state index is 12.4. The minimum atomic E-state index is -0.692. The van der Waals surface area contributed by atoms with Gasteiger partial charge in [0.1, 0.15) is 5.54 Å². The standard InChI is InChI=1S/C14H12ClN3O2S/c1-18(14(8-16)5-2-6-14)13(19)9-7-10(20-17-9)11-3-4-12(15)21-11/h3-4,7H,2,5-6H2,1H3. The van der Waals surface area contributed by atoms with Crippen molar-refractivity contribution in [2.24, 2.45) is 0 Å². The molecule has 0 unspecified atom stereocenters. The van der Waals surface area contributed by atoms with E-state index in [0.717, 1.165) is 11.3 Å². The summed E-state index contributed by atoms with van der Waals surface area (Å²) in [5, 5.41) is 13.1. The Balaban J connectivity index is 1.83. The number of aromatic nitrogens is 1. The summed E-state index contributed by atoms with van der Waals surface area (Å²) in [6, 6.07) is 7.40. The molecule has 0 radical (unpaired) electrons. The third-order valence-corrected chi connectivity index (χ3v) is 5.13. The molecule has 1 aliphatic rings. The Bertz CT molecular complexity index is 727. The van der Waals surface area contributed by atoms with Crippen LogP contribution in [-0.2, 0) is 0 Å². The lowest BCUT2D eigenvalue weighted by atomic mass is 9.76. The first-order valence-electron chi connectivity index (χ1n) is 6.47. The van der Waals surface area contributed by atoms with Gasteiger partial charge in [0.2, 0.25) is 0 Å². The molecule has 1 amide bonds. The SMILES string of the molecule is CN(C(=O)c1cc(-c2ccc(Cl)s2)on1)C1(C#N)CCC1. The largest absolute Gasteiger partial charge is 0.355 e. The van der Waals surface area contributed by atoms with E-state index in [1.165, 1.54) is 16.2 Å². The van der Waals surface area contributed by atoms with E-state index in [9.17, 15) is 10.1 Å². The van der Waals surface area contributed by atoms with Crippen LogP contribution in [0.25, 0.3) is 10.6 Å². The summed E-state index contributed by atoms with van der Waals surface area (Å²) < 4.78 is 5.85. The van der Waals surface area contributed by atoms with Crippen LogP contribution in [0.15, 0.2) is 22.7 Å². The van der Waals surface area contributed by atoms with Gasteiger partial charge in [-0.05, 0) is 31.4 Å². The van der Waals surface area contributed by atoms with Gasteiger partial charge in [0.05, 0.1) is 15.3 Å². The molecule has 21 heavy (non-hydrogen) atoms. The third kappa shape index (κ3) is 2.33. The molecule has 108 valence electrons. The van der Waals surface area contributed by atoms with E-state index in [4.69, 9.17) is 16.1 Å². The normalized spacial score (nSPS) is 16.0. The van der Waals surface area contributed by atoms with Crippen LogP contribution in [-0.4, -0.2) is 28.6 Å². The first-order valence-corrected chi connectivity index (χ1v) is 7.67. The summed E-state index contributed by atoms with van der Waals surface area (Å²) in [6.07, 6.45) is 2.37. The van der Waals surface area contributed by atoms with Gasteiger partial charge in [0, 0.05) is 13.1 Å². The number of carbonyl (C=O) groups excluding carboxylic acids is 1. The Hall–Kier alpha value is -1.84. The number of hydrogen-bond acceptors (Lipinski definition) is 5. The highest BCUT2D eigenvalue weighted by molar-refractivity contribution is 7.19. The monoisotopic (exact) mass is 321 g/mol. The van der Waals surface area contributed by atoms with Crippen LogP contribution in [0, 0.1) is 11.3 Å². The van der Waals surface area contributed by atoms with Gasteiger partial charge in [0.25, 0.3) is 5.91 Å². The molecule has 0 aliphatic heterocycles. The van der Waals surface area contributed by atoms with Crippen molar-refractivity contribution in [1.29, 1.82) is 5.26 Å². The van der Waals surface area contributed by atoms with E-state index in [-0.39, 0.29) is 11.6 Å². The molecule has 1 aliphatic carbocycles. The van der Waals surface area contributed by atoms with Crippen LogP contribution < -0.4 is 0 Å². The Labute approximate surface area is 130 Å². The first-order chi connectivity index (χ1) is 10.1. The van der Waals surface area contributed by atoms with Crippen molar-refractivity contribution in [3.8, 4) is 16.7 Å². The van der Waals surface area contributed by atoms with Crippen LogP contribution in [0.5, 0.6) is 0 Å². The second-order valence-electron chi connectivity index (χ2n) is 5.04. The zero-order chi connectivity index (χ0) is 15.0. The van der Waals surface area contributed by atoms with Crippen molar-refractivity contribution >= 4 is 28.8 Å². The van der Waals surface area contributed by atoms with Crippen LogP contribution >= 0.6 is 22.9 Å². The molecule has 0 saturated heterocycles. The van der Waals surface area contributed by atoms with Crippen LogP contribution in [0.4, 0.5) is 0 Å². The van der Waals surface area contributed by atoms with Crippen LogP contribution in [0.2, 0.25) is 4.34 Å². The Morgan fingerprint density at radius 1 is 1.57 bits per heavy atom. The second kappa shape index (κ2) is 5.17. The highest BCUT2D eigenvalue weighted by atomic mass is 35.5. The van der Waals surface area contributed by atoms with Crippen LogP contribution in [0.1, 0.15) is 29.8 Å². The van der Waals surface area contributed by atoms with Gasteiger partial charge in [0.15, 0.2) is 11.5 Å². The van der Waals surface area contributed by atoms with E-state index in [1.807, 2.05) is 6.07 Å². The summed E-state index contributed by atoms with van der Waals surface area (Å²) >= 11 is 7.23. The molecule has 1 saturated carbocycles. The van der Waals surface area contributed by atoms with Gasteiger partial charge < -0.3 is 9.42 Å². The Morgan fingerprint density at radius 3 is 2.86 bits per heavy atom. The molecule has 0 spiro atoms. The second-order valence-corrected chi connectivity index (χ2v) is 6.76. The molecule has 0 aromatic carbocycles. The van der Waals surface area contributed by atoms with Crippen molar-refractivity contribution in [2.45, 2.75) is 24.8 Å². The zero-order valence-electron chi connectivity index (χ0n) is 11.3. The molecule has 3 rings (SSSR count). The van der Waals surface area contributed by atoms with Crippen LogP contribution in [0.3, 0.4) is 0 Å². The number of amides is 1. The highest BCUT2D eigenvalue weighted by Gasteiger charge is 2.44. The fraction of sp³-hybridized carbons (Fsp3) is 0.357. The quantitative estimate of drug-likeness (QED) is 0.866. The number of nitrogens with zero attached hydrogens (tertiary/aromatic N) is 3. The van der Waals surface area contributed by atoms with E-state index >= 15 is 0 Å². The fourth-order valence-electron chi connectivity index (χ4n) is 2.34. The Morgan fingerprint density at radius 2 is 2.33 bits per heavy atom. The van der Waals surface area contributed by atoms with Gasteiger partial charge >= 0.3 is 0 Å². The smallest absolute Gasteiger partial charge is 0.277 e. The van der Waals surface area contributed by atoms with E-state index in [0.29, 0.717) is 22.9 Å². The molecule has 1 fully saturated rings. The lowest BCUT2D eigenvalue weighted by molar-refractivity contribution is 0.0487. The van der Waals surface area contributed by atoms with E-state index < -0.39 is 5.54 Å². The summed E-state index contributed by atoms with van der Waals surface area (Å²) in [6.45, 7) is 0. The summed E-state index contributed by atoms with van der Waals surface area (Å²) in [7, 11) is 1.64. The van der Waals surface area contributed by atoms with Crippen molar-refractivity contribution in [3.05, 3.63) is 28.2 Å². The third-order valence-electron chi connectivity index (χ3n) is 3.88. The number of rotatable bonds is 3. The first kappa shape index (κ1) is 14.1. The molecule has 7 heteroatoms. The molecule has 0 bridgehead atoms. The number of thiophene rings is 1. The topological polar surface area (TPSA) is 70.1 Å².